The highest BCUT2D eigenvalue weighted by Gasteiger charge is 2.75. The molecule has 2 N–H and O–H groups in total. The van der Waals surface area contributed by atoms with Gasteiger partial charge in [0.2, 0.25) is 5.54 Å². The summed E-state index contributed by atoms with van der Waals surface area (Å²) in [5.74, 6) is -2.67. The molecule has 2 aliphatic heterocycles. The summed E-state index contributed by atoms with van der Waals surface area (Å²) in [5.41, 5.74) is -2.85. The van der Waals surface area contributed by atoms with Crippen LogP contribution < -0.4 is 14.8 Å². The Morgan fingerprint density at radius 3 is 2.09 bits per heavy atom. The number of β-lactam (4-membered cyclic amide) rings is 1. The molecule has 0 aromatic heterocycles. The summed E-state index contributed by atoms with van der Waals surface area (Å²) in [6.45, 7) is 8.38. The Balaban J connectivity index is 2.12. The molecular formula is C22H28N2O7S. The number of thioether (sulfide) groups is 1. The normalized spacial score (nSPS) is 26.1. The van der Waals surface area contributed by atoms with E-state index in [-0.39, 0.29) is 17.1 Å². The van der Waals surface area contributed by atoms with Gasteiger partial charge >= 0.3 is 5.97 Å². The first-order valence-corrected chi connectivity index (χ1v) is 10.9. The Morgan fingerprint density at radius 2 is 1.66 bits per heavy atom. The average molecular weight is 465 g/mol. The second-order valence-electron chi connectivity index (χ2n) is 9.41. The number of nitrogens with zero attached hydrogens (tertiary/aromatic N) is 1. The number of hydrogen-bond donors (Lipinski definition) is 2. The molecule has 10 heteroatoms. The monoisotopic (exact) mass is 464 g/mol. The van der Waals surface area contributed by atoms with Crippen LogP contribution in [0.4, 0.5) is 0 Å². The highest BCUT2D eigenvalue weighted by molar-refractivity contribution is 8.01. The molecule has 0 radical (unpaired) electrons. The molecule has 2 aliphatic rings. The molecule has 0 saturated carbocycles. The third-order valence-corrected chi connectivity index (χ3v) is 7.42. The topological polar surface area (TPSA) is 122 Å². The van der Waals surface area contributed by atoms with E-state index >= 15 is 0 Å². The van der Waals surface area contributed by atoms with Crippen LogP contribution in [-0.4, -0.2) is 69.5 Å². The van der Waals surface area contributed by atoms with Crippen LogP contribution in [0.3, 0.4) is 0 Å². The lowest BCUT2D eigenvalue weighted by molar-refractivity contribution is -0.172. The lowest BCUT2D eigenvalue weighted by Crippen LogP contribution is -2.83. The fourth-order valence-corrected chi connectivity index (χ4v) is 6.04. The summed E-state index contributed by atoms with van der Waals surface area (Å²) >= 11 is 1.19. The van der Waals surface area contributed by atoms with Crippen LogP contribution in [0.2, 0.25) is 0 Å². The summed E-state index contributed by atoms with van der Waals surface area (Å²) in [5, 5.41) is 11.5. The lowest BCUT2D eigenvalue weighted by Gasteiger charge is -2.53. The molecule has 1 aromatic carbocycles. The SMILES string of the molecule is COc1cccc(OC)c1C(=O)NC1(C(=O)C(C)(C)C)C(=O)N2[C@@H](C(=O)O)C(C)(C)S[C@@H]21. The molecular weight excluding hydrogens is 436 g/mol. The van der Waals surface area contributed by atoms with Gasteiger partial charge in [-0.2, -0.15) is 0 Å². The number of hydrogen-bond acceptors (Lipinski definition) is 7. The Labute approximate surface area is 190 Å². The number of carbonyl (C=O) groups excluding carboxylic acids is 3. The quantitative estimate of drug-likeness (QED) is 0.484. The molecule has 174 valence electrons. The van der Waals surface area contributed by atoms with Crippen molar-refractivity contribution in [3.8, 4) is 11.5 Å². The first-order valence-electron chi connectivity index (χ1n) is 10.1. The van der Waals surface area contributed by atoms with Crippen molar-refractivity contribution in [1.29, 1.82) is 0 Å². The van der Waals surface area contributed by atoms with Gasteiger partial charge in [0.05, 0.1) is 14.2 Å². The van der Waals surface area contributed by atoms with E-state index in [9.17, 15) is 24.3 Å². The van der Waals surface area contributed by atoms with E-state index in [1.807, 2.05) is 0 Å². The maximum atomic E-state index is 13.6. The van der Waals surface area contributed by atoms with Crippen LogP contribution in [0.15, 0.2) is 18.2 Å². The largest absolute Gasteiger partial charge is 0.496 e. The van der Waals surface area contributed by atoms with Gasteiger partial charge in [0.15, 0.2) is 5.78 Å². The highest BCUT2D eigenvalue weighted by atomic mass is 32.2. The van der Waals surface area contributed by atoms with E-state index in [1.54, 1.807) is 52.8 Å². The second-order valence-corrected chi connectivity index (χ2v) is 11.1. The van der Waals surface area contributed by atoms with E-state index in [4.69, 9.17) is 9.47 Å². The maximum absolute atomic E-state index is 13.6. The minimum absolute atomic E-state index is 0.0434. The van der Waals surface area contributed by atoms with E-state index in [1.165, 1.54) is 30.9 Å². The summed E-state index contributed by atoms with van der Waals surface area (Å²) in [6, 6.07) is 3.66. The van der Waals surface area contributed by atoms with Crippen molar-refractivity contribution in [2.45, 2.75) is 56.3 Å². The summed E-state index contributed by atoms with van der Waals surface area (Å²) in [7, 11) is 2.79. The van der Waals surface area contributed by atoms with Gasteiger partial charge in [0.1, 0.15) is 28.5 Å². The van der Waals surface area contributed by atoms with E-state index in [0.717, 1.165) is 0 Å². The molecule has 32 heavy (non-hydrogen) atoms. The predicted octanol–water partition coefficient (Wildman–Crippen LogP) is 1.93. The molecule has 0 bridgehead atoms. The van der Waals surface area contributed by atoms with Gasteiger partial charge < -0.3 is 24.8 Å². The van der Waals surface area contributed by atoms with Crippen LogP contribution in [0, 0.1) is 5.41 Å². The van der Waals surface area contributed by atoms with Gasteiger partial charge in [-0.3, -0.25) is 14.4 Å². The standard InChI is InChI=1S/C22H28N2O7S/c1-20(2,3)17(28)22(18(29)24-14(16(26)27)21(4,5)32-19(22)24)23-15(25)13-11(30-6)9-8-10-12(13)31-7/h8-10,14,19H,1-7H3,(H,23,25)(H,26,27)/t14-,19+,22?/m0/s1. The Morgan fingerprint density at radius 1 is 1.12 bits per heavy atom. The van der Waals surface area contributed by atoms with Gasteiger partial charge in [-0.15, -0.1) is 11.8 Å². The predicted molar refractivity (Wildman–Crippen MR) is 118 cm³/mol. The highest BCUT2D eigenvalue weighted by Crippen LogP contribution is 2.56. The minimum Gasteiger partial charge on any atom is -0.496 e. The zero-order chi connectivity index (χ0) is 24.2. The maximum Gasteiger partial charge on any atom is 0.327 e. The molecule has 2 saturated heterocycles. The molecule has 1 aromatic rings. The number of benzene rings is 1. The lowest BCUT2D eigenvalue weighted by atomic mass is 9.71. The number of fused-ring (bicyclic) bond motifs is 1. The van der Waals surface area contributed by atoms with Gasteiger partial charge in [-0.25, -0.2) is 4.79 Å². The Hall–Kier alpha value is -2.75. The van der Waals surface area contributed by atoms with Gasteiger partial charge in [-0.1, -0.05) is 26.8 Å². The molecule has 1 unspecified atom stereocenters. The van der Waals surface area contributed by atoms with Crippen LogP contribution in [0.5, 0.6) is 11.5 Å². The first-order chi connectivity index (χ1) is 14.7. The van der Waals surface area contributed by atoms with E-state index in [2.05, 4.69) is 5.32 Å². The number of rotatable bonds is 6. The fourth-order valence-electron chi connectivity index (χ4n) is 4.35. The zero-order valence-electron chi connectivity index (χ0n) is 19.1. The fraction of sp³-hybridized carbons (Fsp3) is 0.545. The molecule has 3 atom stereocenters. The average Bonchev–Trinajstić information content (AvgIpc) is 2.98. The van der Waals surface area contributed by atoms with Crippen molar-refractivity contribution in [3.05, 3.63) is 23.8 Å². The van der Waals surface area contributed by atoms with Crippen molar-refractivity contribution in [2.75, 3.05) is 14.2 Å². The number of aliphatic carboxylic acids is 1. The summed E-state index contributed by atoms with van der Waals surface area (Å²) in [4.78, 5) is 53.6. The summed E-state index contributed by atoms with van der Waals surface area (Å²) in [6.07, 6.45) is 0. The van der Waals surface area contributed by atoms with Crippen molar-refractivity contribution in [1.82, 2.24) is 10.2 Å². The number of carboxylic acids is 1. The van der Waals surface area contributed by atoms with Crippen LogP contribution in [-0.2, 0) is 14.4 Å². The van der Waals surface area contributed by atoms with Crippen molar-refractivity contribution in [2.24, 2.45) is 5.41 Å². The number of carbonyl (C=O) groups is 4. The molecule has 2 fully saturated rings. The molecule has 0 aliphatic carbocycles. The second kappa shape index (κ2) is 7.68. The van der Waals surface area contributed by atoms with Crippen molar-refractivity contribution < 1.29 is 33.8 Å². The van der Waals surface area contributed by atoms with Crippen LogP contribution >= 0.6 is 11.8 Å². The smallest absolute Gasteiger partial charge is 0.327 e. The Kier molecular flexibility index (Phi) is 5.74. The summed E-state index contributed by atoms with van der Waals surface area (Å²) < 4.78 is 9.73. The number of amides is 2. The van der Waals surface area contributed by atoms with Gasteiger partial charge in [0.25, 0.3) is 11.8 Å². The van der Waals surface area contributed by atoms with Gasteiger partial charge in [0, 0.05) is 10.2 Å². The number of ketones is 1. The number of carboxylic acid groups (broad SMARTS) is 1. The third-order valence-electron chi connectivity index (χ3n) is 5.79. The molecule has 2 heterocycles. The molecule has 9 nitrogen and oxygen atoms in total. The molecule has 0 spiro atoms. The molecule has 3 rings (SSSR count). The number of nitrogens with one attached hydrogen (secondary N) is 1. The van der Waals surface area contributed by atoms with Crippen LogP contribution in [0.1, 0.15) is 45.0 Å². The Bertz CT molecular complexity index is 978. The zero-order valence-corrected chi connectivity index (χ0v) is 20.0. The van der Waals surface area contributed by atoms with Crippen LogP contribution in [0.25, 0.3) is 0 Å². The number of ether oxygens (including phenoxy) is 2. The first kappa shape index (κ1) is 23.9. The number of Topliss-reactive ketones (excluding diaryl/α,β-unsaturated/α-hetero) is 1. The van der Waals surface area contributed by atoms with E-state index < -0.39 is 50.7 Å². The molecule has 2 amide bonds. The van der Waals surface area contributed by atoms with Crippen molar-refractivity contribution in [3.63, 3.8) is 0 Å². The van der Waals surface area contributed by atoms with E-state index in [0.29, 0.717) is 0 Å². The minimum atomic E-state index is -1.91. The third kappa shape index (κ3) is 3.32. The van der Waals surface area contributed by atoms with Gasteiger partial charge in [-0.05, 0) is 26.0 Å². The van der Waals surface area contributed by atoms with Crippen molar-refractivity contribution >= 4 is 35.3 Å². The number of methoxy groups -OCH3 is 2.